The minimum absolute atomic E-state index is 0.00584. The number of carbonyl (C=O) groups excluding carboxylic acids is 3. The molecular weight excluding hydrogens is 432 g/mol. The molecule has 2 saturated heterocycles. The van der Waals surface area contributed by atoms with Crippen molar-refractivity contribution in [2.24, 2.45) is 5.92 Å². The quantitative estimate of drug-likeness (QED) is 0.687. The lowest BCUT2D eigenvalue weighted by Gasteiger charge is -2.44. The van der Waals surface area contributed by atoms with Gasteiger partial charge in [-0.15, -0.1) is 0 Å². The molecule has 3 aliphatic rings. The lowest BCUT2D eigenvalue weighted by Crippen LogP contribution is -2.61. The third-order valence-corrected chi connectivity index (χ3v) is 7.81. The van der Waals surface area contributed by atoms with Crippen LogP contribution in [0.1, 0.15) is 69.3 Å². The van der Waals surface area contributed by atoms with Gasteiger partial charge in [0, 0.05) is 44.5 Å². The minimum atomic E-state index is -1.32. The molecule has 0 spiro atoms. The largest absolute Gasteiger partial charge is 0.387 e. The van der Waals surface area contributed by atoms with Crippen molar-refractivity contribution in [3.63, 3.8) is 0 Å². The van der Waals surface area contributed by atoms with E-state index in [9.17, 15) is 19.5 Å². The Morgan fingerprint density at radius 3 is 2.35 bits per heavy atom. The van der Waals surface area contributed by atoms with Gasteiger partial charge in [0.2, 0.25) is 5.91 Å². The SMILES string of the molecule is CC(=O)NC(C(C)=O)C1(O)CCN(C(=O)N2CCC(Cc3ccc4c(n3)CCCC4)CC2)CC1. The minimum Gasteiger partial charge on any atom is -0.387 e. The van der Waals surface area contributed by atoms with Crippen LogP contribution >= 0.6 is 0 Å². The number of aromatic nitrogens is 1. The summed E-state index contributed by atoms with van der Waals surface area (Å²) in [6.45, 7) is 4.92. The Hall–Kier alpha value is -2.48. The van der Waals surface area contributed by atoms with E-state index in [1.54, 1.807) is 4.90 Å². The topological polar surface area (TPSA) is 103 Å². The highest BCUT2D eigenvalue weighted by Crippen LogP contribution is 2.29. The zero-order valence-electron chi connectivity index (χ0n) is 20.5. The molecule has 2 N–H and O–H groups in total. The molecule has 8 nitrogen and oxygen atoms in total. The number of pyridine rings is 1. The highest BCUT2D eigenvalue weighted by Gasteiger charge is 2.44. The molecule has 0 bridgehead atoms. The van der Waals surface area contributed by atoms with Gasteiger partial charge < -0.3 is 20.2 Å². The number of aryl methyl sites for hydroxylation is 2. The number of carbonyl (C=O) groups is 3. The van der Waals surface area contributed by atoms with E-state index in [0.717, 1.165) is 45.2 Å². The lowest BCUT2D eigenvalue weighted by atomic mass is 9.82. The number of hydrogen-bond acceptors (Lipinski definition) is 5. The van der Waals surface area contributed by atoms with Crippen molar-refractivity contribution in [1.29, 1.82) is 0 Å². The number of rotatable bonds is 5. The molecule has 0 radical (unpaired) electrons. The number of nitrogens with zero attached hydrogens (tertiary/aromatic N) is 3. The molecule has 2 fully saturated rings. The predicted octanol–water partition coefficient (Wildman–Crippen LogP) is 2.26. The van der Waals surface area contributed by atoms with Crippen LogP contribution in [0, 0.1) is 5.92 Å². The van der Waals surface area contributed by atoms with Crippen molar-refractivity contribution in [3.8, 4) is 0 Å². The van der Waals surface area contributed by atoms with Gasteiger partial charge in [-0.05, 0) is 82.3 Å². The van der Waals surface area contributed by atoms with Crippen LogP contribution in [0.5, 0.6) is 0 Å². The standard InChI is InChI=1S/C26H38N4O4/c1-18(31)24(27-19(2)32)26(34)11-15-30(16-12-26)25(33)29-13-9-20(10-14-29)17-22-8-7-21-5-3-4-6-23(21)28-22/h7-8,20,24,34H,3-6,9-17H2,1-2H3,(H,27,32). The van der Waals surface area contributed by atoms with Gasteiger partial charge >= 0.3 is 6.03 Å². The fraction of sp³-hybridized carbons (Fsp3) is 0.692. The van der Waals surface area contributed by atoms with Gasteiger partial charge in [0.25, 0.3) is 0 Å². The molecule has 34 heavy (non-hydrogen) atoms. The van der Waals surface area contributed by atoms with Crippen LogP contribution in [0.25, 0.3) is 0 Å². The zero-order chi connectivity index (χ0) is 24.3. The maximum absolute atomic E-state index is 13.1. The number of Topliss-reactive ketones (excluding diaryl/α,β-unsaturated/α-hetero) is 1. The molecule has 0 aromatic carbocycles. The summed E-state index contributed by atoms with van der Waals surface area (Å²) in [4.78, 5) is 45.2. The van der Waals surface area contributed by atoms with Gasteiger partial charge in [-0.1, -0.05) is 6.07 Å². The third-order valence-electron chi connectivity index (χ3n) is 7.81. The van der Waals surface area contributed by atoms with Crippen LogP contribution in [0.3, 0.4) is 0 Å². The zero-order valence-corrected chi connectivity index (χ0v) is 20.5. The number of likely N-dealkylation sites (tertiary alicyclic amines) is 2. The first kappa shape index (κ1) is 24.6. The van der Waals surface area contributed by atoms with Gasteiger partial charge in [0.05, 0.1) is 5.60 Å². The summed E-state index contributed by atoms with van der Waals surface area (Å²) in [6.07, 6.45) is 8.20. The predicted molar refractivity (Wildman–Crippen MR) is 128 cm³/mol. The summed E-state index contributed by atoms with van der Waals surface area (Å²) in [6, 6.07) is 3.52. The van der Waals surface area contributed by atoms with Crippen molar-refractivity contribution in [2.75, 3.05) is 26.2 Å². The van der Waals surface area contributed by atoms with Crippen LogP contribution < -0.4 is 5.32 Å². The van der Waals surface area contributed by atoms with E-state index in [1.165, 1.54) is 43.6 Å². The van der Waals surface area contributed by atoms with E-state index < -0.39 is 11.6 Å². The Balaban J connectivity index is 1.26. The van der Waals surface area contributed by atoms with Crippen LogP contribution in [0.4, 0.5) is 4.79 Å². The molecule has 1 unspecified atom stereocenters. The van der Waals surface area contributed by atoms with Crippen LogP contribution in [-0.2, 0) is 28.9 Å². The molecule has 1 aromatic heterocycles. The number of hydrogen-bond donors (Lipinski definition) is 2. The Labute approximate surface area is 202 Å². The van der Waals surface area contributed by atoms with Crippen molar-refractivity contribution < 1.29 is 19.5 Å². The van der Waals surface area contributed by atoms with E-state index in [4.69, 9.17) is 4.98 Å². The molecule has 1 aliphatic carbocycles. The van der Waals surface area contributed by atoms with Gasteiger partial charge in [0.1, 0.15) is 6.04 Å². The Morgan fingerprint density at radius 1 is 1.06 bits per heavy atom. The van der Waals surface area contributed by atoms with Gasteiger partial charge in [-0.25, -0.2) is 4.79 Å². The number of fused-ring (bicyclic) bond motifs is 1. The molecule has 2 aliphatic heterocycles. The normalized spacial score (nSPS) is 21.5. The summed E-state index contributed by atoms with van der Waals surface area (Å²) in [7, 11) is 0. The fourth-order valence-electron chi connectivity index (χ4n) is 5.76. The van der Waals surface area contributed by atoms with Gasteiger partial charge in [0.15, 0.2) is 5.78 Å². The second-order valence-electron chi connectivity index (χ2n) is 10.4. The number of urea groups is 1. The van der Waals surface area contributed by atoms with E-state index in [0.29, 0.717) is 19.0 Å². The molecule has 1 atom stereocenters. The Bertz CT molecular complexity index is 917. The second kappa shape index (κ2) is 10.4. The van der Waals surface area contributed by atoms with Crippen LogP contribution in [-0.4, -0.2) is 75.4 Å². The molecule has 1 aromatic rings. The monoisotopic (exact) mass is 470 g/mol. The van der Waals surface area contributed by atoms with Gasteiger partial charge in [-0.2, -0.15) is 0 Å². The van der Waals surface area contributed by atoms with Crippen LogP contribution in [0.2, 0.25) is 0 Å². The molecule has 186 valence electrons. The lowest BCUT2D eigenvalue weighted by molar-refractivity contribution is -0.135. The summed E-state index contributed by atoms with van der Waals surface area (Å²) in [5, 5.41) is 13.6. The molecule has 4 rings (SSSR count). The van der Waals surface area contributed by atoms with E-state index in [-0.39, 0.29) is 30.6 Å². The molecular formula is C26H38N4O4. The summed E-state index contributed by atoms with van der Waals surface area (Å²) >= 11 is 0. The highest BCUT2D eigenvalue weighted by molar-refractivity contribution is 5.88. The summed E-state index contributed by atoms with van der Waals surface area (Å²) in [5.41, 5.74) is 2.56. The molecule has 0 saturated carbocycles. The number of nitrogens with one attached hydrogen (secondary N) is 1. The first-order chi connectivity index (χ1) is 16.2. The Morgan fingerprint density at radius 2 is 1.71 bits per heavy atom. The van der Waals surface area contributed by atoms with E-state index in [2.05, 4.69) is 17.4 Å². The first-order valence-corrected chi connectivity index (χ1v) is 12.8. The second-order valence-corrected chi connectivity index (χ2v) is 10.4. The number of piperidine rings is 2. The van der Waals surface area contributed by atoms with Crippen molar-refractivity contribution in [2.45, 2.75) is 83.3 Å². The van der Waals surface area contributed by atoms with E-state index in [1.807, 2.05) is 4.90 Å². The maximum atomic E-state index is 13.1. The van der Waals surface area contributed by atoms with Crippen molar-refractivity contribution in [3.05, 3.63) is 29.1 Å². The highest BCUT2D eigenvalue weighted by atomic mass is 16.3. The fourth-order valence-corrected chi connectivity index (χ4v) is 5.76. The third kappa shape index (κ3) is 5.59. The van der Waals surface area contributed by atoms with Crippen molar-refractivity contribution in [1.82, 2.24) is 20.1 Å². The first-order valence-electron chi connectivity index (χ1n) is 12.8. The van der Waals surface area contributed by atoms with Crippen LogP contribution in [0.15, 0.2) is 12.1 Å². The van der Waals surface area contributed by atoms with Crippen molar-refractivity contribution >= 4 is 17.7 Å². The molecule has 8 heteroatoms. The molecule has 3 heterocycles. The summed E-state index contributed by atoms with van der Waals surface area (Å²) < 4.78 is 0. The average molecular weight is 471 g/mol. The van der Waals surface area contributed by atoms with Gasteiger partial charge in [-0.3, -0.25) is 14.6 Å². The summed E-state index contributed by atoms with van der Waals surface area (Å²) in [5.74, 6) is -0.0767. The smallest absolute Gasteiger partial charge is 0.320 e. The number of ketones is 1. The Kier molecular flexibility index (Phi) is 7.55. The number of amides is 3. The van der Waals surface area contributed by atoms with E-state index >= 15 is 0 Å². The maximum Gasteiger partial charge on any atom is 0.320 e. The number of aliphatic hydroxyl groups is 1. The molecule has 3 amide bonds. The average Bonchev–Trinajstić information content (AvgIpc) is 2.83.